The van der Waals surface area contributed by atoms with E-state index in [9.17, 15) is 0 Å². The standard InChI is InChI=1S/C9H20O.C3H8O/c1-3-4-6-9(2)7-5-8-10;1-3(2)4/h9-10H,3-8H2,1-2H3;3-4H,1-2H3. The number of hydrogen-bond donors (Lipinski definition) is 2. The first kappa shape index (κ1) is 16.4. The lowest BCUT2D eigenvalue weighted by Gasteiger charge is -2.08. The van der Waals surface area contributed by atoms with E-state index >= 15 is 0 Å². The van der Waals surface area contributed by atoms with Crippen LogP contribution in [0.5, 0.6) is 0 Å². The molecule has 2 N–H and O–H groups in total. The molecule has 0 aromatic heterocycles. The molecular weight excluding hydrogens is 176 g/mol. The Kier molecular flexibility index (Phi) is 15.1. The Morgan fingerprint density at radius 2 is 1.43 bits per heavy atom. The maximum Gasteiger partial charge on any atom is 0.0483 e. The third-order valence-corrected chi connectivity index (χ3v) is 1.91. The fourth-order valence-electron chi connectivity index (χ4n) is 1.14. The Labute approximate surface area is 89.3 Å². The van der Waals surface area contributed by atoms with E-state index in [1.54, 1.807) is 13.8 Å². The zero-order valence-electron chi connectivity index (χ0n) is 10.3. The fraction of sp³-hybridized carbons (Fsp3) is 1.00. The van der Waals surface area contributed by atoms with Gasteiger partial charge in [0.05, 0.1) is 0 Å². The summed E-state index contributed by atoms with van der Waals surface area (Å²) in [5, 5.41) is 16.6. The van der Waals surface area contributed by atoms with Crippen LogP contribution >= 0.6 is 0 Å². The summed E-state index contributed by atoms with van der Waals surface area (Å²) >= 11 is 0. The lowest BCUT2D eigenvalue weighted by molar-refractivity contribution is 0.216. The van der Waals surface area contributed by atoms with Crippen LogP contribution < -0.4 is 0 Å². The molecule has 0 heterocycles. The van der Waals surface area contributed by atoms with Crippen LogP contribution in [0, 0.1) is 5.92 Å². The molecule has 88 valence electrons. The van der Waals surface area contributed by atoms with Crippen LogP contribution in [0.1, 0.15) is 59.8 Å². The van der Waals surface area contributed by atoms with Gasteiger partial charge in [-0.3, -0.25) is 0 Å². The Bertz CT molecular complexity index is 81.6. The minimum Gasteiger partial charge on any atom is -0.396 e. The summed E-state index contributed by atoms with van der Waals surface area (Å²) in [6.45, 7) is 8.29. The second-order valence-corrected chi connectivity index (χ2v) is 4.21. The first-order valence-corrected chi connectivity index (χ1v) is 5.83. The minimum atomic E-state index is -0.167. The number of unbranched alkanes of at least 4 members (excludes halogenated alkanes) is 1. The van der Waals surface area contributed by atoms with Gasteiger partial charge in [-0.05, 0) is 32.6 Å². The molecule has 0 radical (unpaired) electrons. The van der Waals surface area contributed by atoms with Crippen LogP contribution in [0.2, 0.25) is 0 Å². The Balaban J connectivity index is 0. The van der Waals surface area contributed by atoms with Gasteiger partial charge in [-0.2, -0.15) is 0 Å². The van der Waals surface area contributed by atoms with Gasteiger partial charge in [0, 0.05) is 12.7 Å². The van der Waals surface area contributed by atoms with Crippen molar-refractivity contribution in [1.82, 2.24) is 0 Å². The van der Waals surface area contributed by atoms with E-state index in [-0.39, 0.29) is 6.10 Å². The van der Waals surface area contributed by atoms with Crippen LogP contribution in [-0.4, -0.2) is 22.9 Å². The van der Waals surface area contributed by atoms with E-state index in [1.807, 2.05) is 0 Å². The van der Waals surface area contributed by atoms with E-state index in [4.69, 9.17) is 10.2 Å². The lowest BCUT2D eigenvalue weighted by Crippen LogP contribution is -1.95. The van der Waals surface area contributed by atoms with Crippen molar-refractivity contribution in [3.05, 3.63) is 0 Å². The molecule has 14 heavy (non-hydrogen) atoms. The topological polar surface area (TPSA) is 40.5 Å². The molecule has 0 bridgehead atoms. The average Bonchev–Trinajstić information content (AvgIpc) is 2.10. The van der Waals surface area contributed by atoms with Crippen molar-refractivity contribution < 1.29 is 10.2 Å². The smallest absolute Gasteiger partial charge is 0.0483 e. The third-order valence-electron chi connectivity index (χ3n) is 1.91. The highest BCUT2D eigenvalue weighted by Gasteiger charge is 1.99. The summed E-state index contributed by atoms with van der Waals surface area (Å²) in [4.78, 5) is 0. The zero-order valence-corrected chi connectivity index (χ0v) is 10.3. The molecule has 0 aromatic rings. The molecule has 0 aliphatic heterocycles. The Morgan fingerprint density at radius 3 is 1.79 bits per heavy atom. The SMILES string of the molecule is CC(C)O.CCCCC(C)CCCO. The quantitative estimate of drug-likeness (QED) is 0.698. The van der Waals surface area contributed by atoms with Gasteiger partial charge in [-0.1, -0.05) is 33.1 Å². The molecule has 0 amide bonds. The Hall–Kier alpha value is -0.0800. The summed E-state index contributed by atoms with van der Waals surface area (Å²) in [6.07, 6.45) is 5.97. The molecule has 0 saturated heterocycles. The second kappa shape index (κ2) is 12.9. The first-order valence-electron chi connectivity index (χ1n) is 5.83. The number of hydrogen-bond acceptors (Lipinski definition) is 2. The summed E-state index contributed by atoms with van der Waals surface area (Å²) in [5.74, 6) is 0.812. The molecule has 0 saturated carbocycles. The molecule has 1 unspecified atom stereocenters. The van der Waals surface area contributed by atoms with Crippen molar-refractivity contribution in [2.45, 2.75) is 65.9 Å². The van der Waals surface area contributed by atoms with E-state index in [1.165, 1.54) is 25.7 Å². The molecule has 0 fully saturated rings. The third kappa shape index (κ3) is 22.7. The minimum absolute atomic E-state index is 0.167. The monoisotopic (exact) mass is 204 g/mol. The highest BCUT2D eigenvalue weighted by molar-refractivity contribution is 4.52. The summed E-state index contributed by atoms with van der Waals surface area (Å²) in [5.41, 5.74) is 0. The maximum atomic E-state index is 8.54. The average molecular weight is 204 g/mol. The van der Waals surface area contributed by atoms with Crippen molar-refractivity contribution in [3.63, 3.8) is 0 Å². The summed E-state index contributed by atoms with van der Waals surface area (Å²) in [7, 11) is 0. The van der Waals surface area contributed by atoms with E-state index in [0.717, 1.165) is 12.3 Å². The van der Waals surface area contributed by atoms with E-state index in [2.05, 4.69) is 13.8 Å². The molecular formula is C12H28O2. The van der Waals surface area contributed by atoms with Gasteiger partial charge in [0.15, 0.2) is 0 Å². The van der Waals surface area contributed by atoms with E-state index in [0.29, 0.717) is 6.61 Å². The largest absolute Gasteiger partial charge is 0.396 e. The lowest BCUT2D eigenvalue weighted by atomic mass is 9.99. The molecule has 0 aliphatic carbocycles. The predicted octanol–water partition coefficient (Wildman–Crippen LogP) is 2.97. The molecule has 1 atom stereocenters. The number of aliphatic hydroxyl groups excluding tert-OH is 2. The number of rotatable bonds is 6. The van der Waals surface area contributed by atoms with Crippen molar-refractivity contribution >= 4 is 0 Å². The van der Waals surface area contributed by atoms with Crippen molar-refractivity contribution in [2.75, 3.05) is 6.61 Å². The first-order chi connectivity index (χ1) is 6.54. The van der Waals surface area contributed by atoms with Crippen LogP contribution in [0.4, 0.5) is 0 Å². The predicted molar refractivity (Wildman–Crippen MR) is 62.4 cm³/mol. The van der Waals surface area contributed by atoms with Crippen LogP contribution in [0.15, 0.2) is 0 Å². The maximum absolute atomic E-state index is 8.54. The molecule has 2 nitrogen and oxygen atoms in total. The highest BCUT2D eigenvalue weighted by Crippen LogP contribution is 2.12. The van der Waals surface area contributed by atoms with Gasteiger partial charge < -0.3 is 10.2 Å². The Morgan fingerprint density at radius 1 is 1.00 bits per heavy atom. The number of aliphatic hydroxyl groups is 2. The molecule has 0 spiro atoms. The van der Waals surface area contributed by atoms with Gasteiger partial charge in [-0.15, -0.1) is 0 Å². The van der Waals surface area contributed by atoms with Crippen LogP contribution in [0.25, 0.3) is 0 Å². The fourth-order valence-corrected chi connectivity index (χ4v) is 1.14. The van der Waals surface area contributed by atoms with Gasteiger partial charge in [0.1, 0.15) is 0 Å². The van der Waals surface area contributed by atoms with E-state index < -0.39 is 0 Å². The van der Waals surface area contributed by atoms with Gasteiger partial charge in [-0.25, -0.2) is 0 Å². The molecule has 0 aliphatic rings. The van der Waals surface area contributed by atoms with Gasteiger partial charge in [0.2, 0.25) is 0 Å². The summed E-state index contributed by atoms with van der Waals surface area (Å²) < 4.78 is 0. The normalized spacial score (nSPS) is 12.2. The molecule has 2 heteroatoms. The van der Waals surface area contributed by atoms with Crippen molar-refractivity contribution in [2.24, 2.45) is 5.92 Å². The van der Waals surface area contributed by atoms with Crippen molar-refractivity contribution in [1.29, 1.82) is 0 Å². The van der Waals surface area contributed by atoms with Crippen LogP contribution in [-0.2, 0) is 0 Å². The highest BCUT2D eigenvalue weighted by atomic mass is 16.3. The van der Waals surface area contributed by atoms with Gasteiger partial charge in [0.25, 0.3) is 0 Å². The zero-order chi connectivity index (χ0) is 11.4. The molecule has 0 aromatic carbocycles. The van der Waals surface area contributed by atoms with Crippen LogP contribution in [0.3, 0.4) is 0 Å². The van der Waals surface area contributed by atoms with Crippen molar-refractivity contribution in [3.8, 4) is 0 Å². The summed E-state index contributed by atoms with van der Waals surface area (Å²) in [6, 6.07) is 0. The van der Waals surface area contributed by atoms with Gasteiger partial charge >= 0.3 is 0 Å². The molecule has 0 rings (SSSR count). The second-order valence-electron chi connectivity index (χ2n) is 4.21.